The van der Waals surface area contributed by atoms with E-state index >= 15 is 0 Å². The lowest BCUT2D eigenvalue weighted by molar-refractivity contribution is -0.123. The van der Waals surface area contributed by atoms with Gasteiger partial charge in [0.1, 0.15) is 0 Å². The summed E-state index contributed by atoms with van der Waals surface area (Å²) in [5, 5.41) is 3.88. The van der Waals surface area contributed by atoms with Crippen LogP contribution in [0.5, 0.6) is 0 Å². The average molecular weight is 158 g/mol. The van der Waals surface area contributed by atoms with E-state index in [4.69, 9.17) is 0 Å². The van der Waals surface area contributed by atoms with Gasteiger partial charge < -0.3 is 0 Å². The van der Waals surface area contributed by atoms with Gasteiger partial charge in [-0.05, 0) is 24.3 Å². The second-order valence-corrected chi connectivity index (χ2v) is 3.51. The highest BCUT2D eigenvalue weighted by molar-refractivity contribution is 7.98. The van der Waals surface area contributed by atoms with Gasteiger partial charge in [-0.3, -0.25) is 10.1 Å². The summed E-state index contributed by atoms with van der Waals surface area (Å²) >= 11 is 1.84. The van der Waals surface area contributed by atoms with Crippen molar-refractivity contribution in [3.8, 4) is 0 Å². The fraction of sp³-hybridized carbons (Fsp3) is 0.857. The van der Waals surface area contributed by atoms with Gasteiger partial charge >= 0.3 is 0 Å². The van der Waals surface area contributed by atoms with Crippen molar-refractivity contribution in [3.05, 3.63) is 0 Å². The van der Waals surface area contributed by atoms with E-state index in [0.29, 0.717) is 12.3 Å². The molecule has 1 aliphatic heterocycles. The minimum absolute atomic E-state index is 0.0948. The van der Waals surface area contributed by atoms with E-state index in [9.17, 15) is 4.79 Å². The minimum Gasteiger partial charge on any atom is -0.273 e. The van der Waals surface area contributed by atoms with Crippen molar-refractivity contribution in [2.24, 2.45) is 5.92 Å². The van der Waals surface area contributed by atoms with Gasteiger partial charge in [0, 0.05) is 13.0 Å². The Hall–Kier alpha value is -0.180. The maximum absolute atomic E-state index is 10.6. The largest absolute Gasteiger partial charge is 0.273 e. The Bertz CT molecular complexity index is 117. The second-order valence-electron chi connectivity index (χ2n) is 2.59. The summed E-state index contributed by atoms with van der Waals surface area (Å²) < 4.78 is 0. The van der Waals surface area contributed by atoms with Crippen molar-refractivity contribution in [2.75, 3.05) is 18.6 Å². The fourth-order valence-electron chi connectivity index (χ4n) is 1.10. The molecule has 1 heterocycles. The van der Waals surface area contributed by atoms with E-state index < -0.39 is 0 Å². The third kappa shape index (κ3) is 2.21. The molecule has 1 fully saturated rings. The lowest BCUT2D eigenvalue weighted by Gasteiger charge is -2.18. The van der Waals surface area contributed by atoms with Gasteiger partial charge in [0.05, 0.1) is 0 Å². The zero-order chi connectivity index (χ0) is 7.40. The molecule has 1 rings (SSSR count). The number of thioether (sulfide) groups is 1. The number of amides is 1. The van der Waals surface area contributed by atoms with Crippen molar-refractivity contribution >= 4 is 17.7 Å². The van der Waals surface area contributed by atoms with E-state index in [-0.39, 0.29) is 5.91 Å². The monoisotopic (exact) mass is 158 g/mol. The molecule has 0 spiro atoms. The Kier molecular flexibility index (Phi) is 3.06. The lowest BCUT2D eigenvalue weighted by atomic mass is 10.0. The van der Waals surface area contributed by atoms with Crippen molar-refractivity contribution < 1.29 is 4.79 Å². The van der Waals surface area contributed by atoms with Gasteiger partial charge in [-0.1, -0.05) is 0 Å². The normalized spacial score (nSPS) is 26.1. The molecule has 0 aromatic carbocycles. The van der Waals surface area contributed by atoms with Crippen molar-refractivity contribution in [3.63, 3.8) is 0 Å². The molecule has 1 unspecified atom stereocenters. The number of carbonyl (C=O) groups excluding carboxylic acids is 1. The molecule has 1 aliphatic rings. The second kappa shape index (κ2) is 3.86. The zero-order valence-electron chi connectivity index (χ0n) is 6.17. The first-order chi connectivity index (χ1) is 4.83. The van der Waals surface area contributed by atoms with E-state index in [0.717, 1.165) is 18.7 Å². The Morgan fingerprint density at radius 3 is 3.10 bits per heavy atom. The Labute approximate surface area is 65.8 Å². The van der Waals surface area contributed by atoms with Crippen molar-refractivity contribution in [1.29, 1.82) is 0 Å². The Balaban J connectivity index is 2.19. The van der Waals surface area contributed by atoms with Gasteiger partial charge in [-0.2, -0.15) is 11.8 Å². The number of carbonyl (C=O) groups is 1. The van der Waals surface area contributed by atoms with Gasteiger partial charge in [0.15, 0.2) is 0 Å². The maximum Gasteiger partial charge on any atom is 0.241 e. The summed E-state index contributed by atoms with van der Waals surface area (Å²) in [4.78, 5) is 10.6. The Morgan fingerprint density at radius 2 is 2.60 bits per heavy atom. The third-order valence-electron chi connectivity index (χ3n) is 1.69. The number of piperidine rings is 1. The predicted molar refractivity (Wildman–Crippen MR) is 43.1 cm³/mol. The Morgan fingerprint density at radius 1 is 1.80 bits per heavy atom. The number of hydrogen-bond acceptors (Lipinski definition) is 2. The topological polar surface area (TPSA) is 31.2 Å². The van der Waals surface area contributed by atoms with Crippen LogP contribution in [0.4, 0.5) is 0 Å². The average Bonchev–Trinajstić information content (AvgIpc) is 1.95. The van der Waals surface area contributed by atoms with Gasteiger partial charge in [-0.15, -0.1) is 0 Å². The number of nitrogens with zero attached hydrogens (tertiary/aromatic N) is 1. The molecule has 2 nitrogen and oxygen atoms in total. The standard InChI is InChI=1S/C7H12NOS/c1-10-5-6-2-3-7(9)8-4-6/h6H,2-5H2,1H3. The minimum atomic E-state index is 0.0948. The van der Waals surface area contributed by atoms with Crippen LogP contribution in [0.25, 0.3) is 0 Å². The predicted octanol–water partition coefficient (Wildman–Crippen LogP) is 0.890. The lowest BCUT2D eigenvalue weighted by Crippen LogP contribution is -2.30. The summed E-state index contributed by atoms with van der Waals surface area (Å²) in [6.45, 7) is 0.764. The molecule has 0 saturated carbocycles. The van der Waals surface area contributed by atoms with Gasteiger partial charge in [0.25, 0.3) is 0 Å². The molecular formula is C7H12NOS. The summed E-state index contributed by atoms with van der Waals surface area (Å²) in [7, 11) is 0. The van der Waals surface area contributed by atoms with Crippen LogP contribution < -0.4 is 5.32 Å². The molecule has 1 saturated heterocycles. The molecule has 3 heteroatoms. The summed E-state index contributed by atoms with van der Waals surface area (Å²) in [6.07, 6.45) is 3.81. The number of hydrogen-bond donors (Lipinski definition) is 0. The zero-order valence-corrected chi connectivity index (χ0v) is 6.99. The first-order valence-corrected chi connectivity index (χ1v) is 4.91. The summed E-state index contributed by atoms with van der Waals surface area (Å²) in [6, 6.07) is 0. The van der Waals surface area contributed by atoms with Crippen LogP contribution in [0.3, 0.4) is 0 Å². The first-order valence-electron chi connectivity index (χ1n) is 3.52. The highest BCUT2D eigenvalue weighted by atomic mass is 32.2. The van der Waals surface area contributed by atoms with E-state index in [1.807, 2.05) is 11.8 Å². The van der Waals surface area contributed by atoms with Crippen LogP contribution in [0, 0.1) is 5.92 Å². The van der Waals surface area contributed by atoms with E-state index in [2.05, 4.69) is 11.6 Å². The van der Waals surface area contributed by atoms with Crippen LogP contribution in [0.15, 0.2) is 0 Å². The fourth-order valence-corrected chi connectivity index (χ4v) is 1.84. The molecule has 1 atom stereocenters. The molecule has 1 radical (unpaired) electrons. The van der Waals surface area contributed by atoms with Crippen molar-refractivity contribution in [2.45, 2.75) is 12.8 Å². The molecule has 0 aliphatic carbocycles. The highest BCUT2D eigenvalue weighted by Crippen LogP contribution is 2.15. The van der Waals surface area contributed by atoms with Gasteiger partial charge in [0.2, 0.25) is 5.91 Å². The van der Waals surface area contributed by atoms with Gasteiger partial charge in [-0.25, -0.2) is 0 Å². The third-order valence-corrected chi connectivity index (χ3v) is 2.50. The first kappa shape index (κ1) is 7.92. The van der Waals surface area contributed by atoms with Crippen LogP contribution in [0.2, 0.25) is 0 Å². The molecule has 57 valence electrons. The van der Waals surface area contributed by atoms with Crippen LogP contribution in [-0.4, -0.2) is 24.5 Å². The molecule has 0 aromatic heterocycles. The summed E-state index contributed by atoms with van der Waals surface area (Å²) in [5.41, 5.74) is 0. The SMILES string of the molecule is CSCC1CCC(=O)[N]C1. The van der Waals surface area contributed by atoms with Crippen LogP contribution in [-0.2, 0) is 4.79 Å². The van der Waals surface area contributed by atoms with Crippen molar-refractivity contribution in [1.82, 2.24) is 5.32 Å². The maximum atomic E-state index is 10.6. The molecule has 0 N–H and O–H groups in total. The number of rotatable bonds is 2. The highest BCUT2D eigenvalue weighted by Gasteiger charge is 2.18. The smallest absolute Gasteiger partial charge is 0.241 e. The molecule has 0 bridgehead atoms. The van der Waals surface area contributed by atoms with E-state index in [1.54, 1.807) is 0 Å². The van der Waals surface area contributed by atoms with Crippen LogP contribution in [0.1, 0.15) is 12.8 Å². The van der Waals surface area contributed by atoms with Crippen LogP contribution >= 0.6 is 11.8 Å². The quantitative estimate of drug-likeness (QED) is 0.597. The van der Waals surface area contributed by atoms with E-state index in [1.165, 1.54) is 0 Å². The molecule has 10 heavy (non-hydrogen) atoms. The molecular weight excluding hydrogens is 146 g/mol. The summed E-state index contributed by atoms with van der Waals surface area (Å²) in [5.74, 6) is 1.90. The molecule has 0 aromatic rings. The molecule has 1 amide bonds.